The smallest absolute Gasteiger partial charge is 0.187 e. The van der Waals surface area contributed by atoms with E-state index in [2.05, 4.69) is 26.0 Å². The van der Waals surface area contributed by atoms with Crippen molar-refractivity contribution in [1.29, 1.82) is 0 Å². The number of ether oxygens (including phenoxy) is 5. The van der Waals surface area contributed by atoms with Crippen LogP contribution >= 0.6 is 0 Å². The molecule has 8 N–H and O–H groups in total. The van der Waals surface area contributed by atoms with E-state index < -0.39 is 74.3 Å². The van der Waals surface area contributed by atoms with Gasteiger partial charge in [0.2, 0.25) is 0 Å². The lowest BCUT2D eigenvalue weighted by Crippen LogP contribution is -2.64. The number of fused-ring (bicyclic) bond motifs is 7. The Morgan fingerprint density at radius 2 is 1.62 bits per heavy atom. The van der Waals surface area contributed by atoms with E-state index in [9.17, 15) is 40.9 Å². The molecule has 4 aliphatic carbocycles. The first kappa shape index (κ1) is 39.2. The normalized spacial score (nSPS) is 54.6. The van der Waals surface area contributed by atoms with Crippen LogP contribution in [-0.2, 0) is 23.7 Å². The molecule has 6 fully saturated rings. The van der Waals surface area contributed by atoms with E-state index in [1.807, 2.05) is 13.8 Å². The summed E-state index contributed by atoms with van der Waals surface area (Å²) in [5.74, 6) is 1.34. The Balaban J connectivity index is 1.08. The zero-order valence-corrected chi connectivity index (χ0v) is 31.1. The topological polar surface area (TPSA) is 208 Å². The molecule has 0 aromatic rings. The summed E-state index contributed by atoms with van der Waals surface area (Å²) in [7, 11) is 0. The standard InChI is InChI=1S/C39H62O13/c1-17(2)12-23-18(3)28-26(50-35(23)47)14-25-22-7-6-20-13-21(8-10-38(20,5)24(22)9-11-39(25,28)16-41)49-37-34(32(45)30(43)27(15-40)51-37)52-36-33(46)31(44)29(42)19(4)48-36/h6,12,18-19,21-37,40-47H,7-11,13-16H2,1-5H3/t18-,19+,21?,22-,23-,24+,25+,26+,27-,28+,29+,30-,31-,32+,33-,34-,35-,36+,37-,38+,39-/m1/s1. The lowest BCUT2D eigenvalue weighted by atomic mass is 9.46. The van der Waals surface area contributed by atoms with Crippen LogP contribution in [0.4, 0.5) is 0 Å². The van der Waals surface area contributed by atoms with E-state index >= 15 is 0 Å². The summed E-state index contributed by atoms with van der Waals surface area (Å²) in [5.41, 5.74) is 2.14. The van der Waals surface area contributed by atoms with E-state index in [1.54, 1.807) is 0 Å². The van der Waals surface area contributed by atoms with Crippen molar-refractivity contribution in [2.24, 2.45) is 46.3 Å². The van der Waals surface area contributed by atoms with Crippen molar-refractivity contribution in [2.75, 3.05) is 13.2 Å². The van der Waals surface area contributed by atoms with E-state index in [1.165, 1.54) is 12.5 Å². The van der Waals surface area contributed by atoms with Crippen LogP contribution in [0.5, 0.6) is 0 Å². The molecular formula is C39H62O13. The van der Waals surface area contributed by atoms with Gasteiger partial charge in [0, 0.05) is 17.9 Å². The third-order valence-electron chi connectivity index (χ3n) is 14.8. The van der Waals surface area contributed by atoms with Crippen LogP contribution in [0.2, 0.25) is 0 Å². The second kappa shape index (κ2) is 14.8. The quantitative estimate of drug-likeness (QED) is 0.173. The van der Waals surface area contributed by atoms with Crippen molar-refractivity contribution in [2.45, 2.75) is 159 Å². The number of rotatable bonds is 7. The van der Waals surface area contributed by atoms with Gasteiger partial charge in [0.05, 0.1) is 24.9 Å². The summed E-state index contributed by atoms with van der Waals surface area (Å²) in [4.78, 5) is 0. The Kier molecular flexibility index (Phi) is 11.2. The molecule has 3 saturated heterocycles. The van der Waals surface area contributed by atoms with Gasteiger partial charge in [-0.15, -0.1) is 0 Å². The second-order valence-electron chi connectivity index (χ2n) is 17.7. The molecule has 21 atom stereocenters. The van der Waals surface area contributed by atoms with Gasteiger partial charge in [-0.25, -0.2) is 0 Å². The third-order valence-corrected chi connectivity index (χ3v) is 14.8. The Morgan fingerprint density at radius 3 is 2.31 bits per heavy atom. The fraction of sp³-hybridized carbons (Fsp3) is 0.897. The summed E-state index contributed by atoms with van der Waals surface area (Å²) in [6, 6.07) is 0. The third kappa shape index (κ3) is 6.37. The summed E-state index contributed by atoms with van der Waals surface area (Å²) >= 11 is 0. The Bertz CT molecular complexity index is 1340. The molecule has 0 amide bonds. The first-order valence-corrected chi connectivity index (χ1v) is 19.6. The zero-order chi connectivity index (χ0) is 37.4. The van der Waals surface area contributed by atoms with Gasteiger partial charge < -0.3 is 64.5 Å². The minimum atomic E-state index is -1.63. The maximum Gasteiger partial charge on any atom is 0.187 e. The Labute approximate surface area is 306 Å². The van der Waals surface area contributed by atoms with Crippen LogP contribution in [0.1, 0.15) is 79.6 Å². The van der Waals surface area contributed by atoms with E-state index in [0.29, 0.717) is 24.7 Å². The number of allylic oxidation sites excluding steroid dienone is 2. The number of hydrogen-bond acceptors (Lipinski definition) is 13. The minimum Gasteiger partial charge on any atom is -0.396 e. The number of aliphatic hydroxyl groups excluding tert-OH is 8. The van der Waals surface area contributed by atoms with Crippen molar-refractivity contribution in [3.05, 3.63) is 23.3 Å². The van der Waals surface area contributed by atoms with E-state index in [-0.39, 0.29) is 53.3 Å². The Hall–Kier alpha value is -1.04. The fourth-order valence-electron chi connectivity index (χ4n) is 12.0. The van der Waals surface area contributed by atoms with Crippen LogP contribution in [0.25, 0.3) is 0 Å². The molecule has 3 aliphatic heterocycles. The number of hydrogen-bond donors (Lipinski definition) is 8. The zero-order valence-electron chi connectivity index (χ0n) is 31.1. The SMILES string of the molecule is CC(C)=C[C@@H]1[C@@H](C)[C@H]2[C@H](C[C@H]3[C@@H]4CC=C5CC(O[C@@H]6O[C@H](CO)[C@@H](O)[C@H](O)[C@H]6O[C@@H]6O[C@@H](C)[C@H](O)[C@@H](O)[C@H]6O)CC[C@]5(C)[C@H]4CC[C@]23CO)O[C@H]1O. The van der Waals surface area contributed by atoms with Gasteiger partial charge >= 0.3 is 0 Å². The van der Waals surface area contributed by atoms with Crippen molar-refractivity contribution in [3.63, 3.8) is 0 Å². The molecule has 296 valence electrons. The molecule has 3 saturated carbocycles. The van der Waals surface area contributed by atoms with E-state index in [0.717, 1.165) is 37.7 Å². The molecule has 0 spiro atoms. The minimum absolute atomic E-state index is 0.0748. The molecule has 3 heterocycles. The van der Waals surface area contributed by atoms with Gasteiger partial charge in [0.1, 0.15) is 42.7 Å². The Morgan fingerprint density at radius 1 is 0.865 bits per heavy atom. The summed E-state index contributed by atoms with van der Waals surface area (Å²) in [6.07, 6.45) is -4.58. The summed E-state index contributed by atoms with van der Waals surface area (Å²) < 4.78 is 30.4. The molecule has 0 bridgehead atoms. The molecule has 0 aromatic carbocycles. The van der Waals surface area contributed by atoms with Gasteiger partial charge in [-0.1, -0.05) is 37.1 Å². The average Bonchev–Trinajstić information content (AvgIpc) is 3.45. The monoisotopic (exact) mass is 738 g/mol. The van der Waals surface area contributed by atoms with Gasteiger partial charge in [-0.3, -0.25) is 0 Å². The predicted molar refractivity (Wildman–Crippen MR) is 185 cm³/mol. The van der Waals surface area contributed by atoms with Crippen molar-refractivity contribution >= 4 is 0 Å². The first-order chi connectivity index (χ1) is 24.6. The lowest BCUT2D eigenvalue weighted by molar-refractivity contribution is -0.369. The predicted octanol–water partition coefficient (Wildman–Crippen LogP) is 1.12. The molecule has 0 radical (unpaired) electrons. The highest BCUT2D eigenvalue weighted by Gasteiger charge is 2.66. The van der Waals surface area contributed by atoms with Crippen LogP contribution in [0, 0.1) is 46.3 Å². The van der Waals surface area contributed by atoms with Gasteiger partial charge in [-0.2, -0.15) is 0 Å². The van der Waals surface area contributed by atoms with Gasteiger partial charge in [0.25, 0.3) is 0 Å². The average molecular weight is 739 g/mol. The molecular weight excluding hydrogens is 676 g/mol. The van der Waals surface area contributed by atoms with Crippen LogP contribution in [0.3, 0.4) is 0 Å². The highest BCUT2D eigenvalue weighted by molar-refractivity contribution is 5.26. The van der Waals surface area contributed by atoms with Crippen molar-refractivity contribution in [1.82, 2.24) is 0 Å². The first-order valence-electron chi connectivity index (χ1n) is 19.6. The van der Waals surface area contributed by atoms with Crippen LogP contribution in [0.15, 0.2) is 23.3 Å². The lowest BCUT2D eigenvalue weighted by Gasteiger charge is -2.59. The molecule has 7 aliphatic rings. The second-order valence-corrected chi connectivity index (χ2v) is 17.7. The van der Waals surface area contributed by atoms with E-state index in [4.69, 9.17) is 23.7 Å². The molecule has 13 nitrogen and oxygen atoms in total. The fourth-order valence-corrected chi connectivity index (χ4v) is 12.0. The maximum atomic E-state index is 11.2. The molecule has 1 unspecified atom stereocenters. The maximum absolute atomic E-state index is 11.2. The summed E-state index contributed by atoms with van der Waals surface area (Å²) in [5, 5.41) is 85.1. The molecule has 7 rings (SSSR count). The molecule has 52 heavy (non-hydrogen) atoms. The van der Waals surface area contributed by atoms with Crippen molar-refractivity contribution < 1.29 is 64.5 Å². The van der Waals surface area contributed by atoms with Gasteiger partial charge in [0.15, 0.2) is 18.9 Å². The van der Waals surface area contributed by atoms with Crippen molar-refractivity contribution in [3.8, 4) is 0 Å². The highest BCUT2D eigenvalue weighted by atomic mass is 16.8. The van der Waals surface area contributed by atoms with Crippen LogP contribution in [-0.4, -0.2) is 134 Å². The van der Waals surface area contributed by atoms with Crippen LogP contribution < -0.4 is 0 Å². The molecule has 13 heteroatoms. The number of aliphatic hydroxyl groups is 8. The largest absolute Gasteiger partial charge is 0.396 e. The summed E-state index contributed by atoms with van der Waals surface area (Å²) in [6.45, 7) is 9.77. The molecule has 0 aromatic heterocycles. The van der Waals surface area contributed by atoms with Gasteiger partial charge in [-0.05, 0) is 101 Å². The highest BCUT2D eigenvalue weighted by Crippen LogP contribution is 2.69.